The molecule has 2 aromatic rings. The van der Waals surface area contributed by atoms with Crippen molar-refractivity contribution in [3.8, 4) is 0 Å². The lowest BCUT2D eigenvalue weighted by molar-refractivity contribution is 1.01. The van der Waals surface area contributed by atoms with Crippen molar-refractivity contribution in [2.45, 2.75) is 16.6 Å². The topological polar surface area (TPSA) is 51.8 Å². The third-order valence-electron chi connectivity index (χ3n) is 1.96. The molecule has 5 heteroatoms. The van der Waals surface area contributed by atoms with Crippen LogP contribution in [0.1, 0.15) is 11.1 Å². The van der Waals surface area contributed by atoms with Crippen molar-refractivity contribution < 1.29 is 0 Å². The van der Waals surface area contributed by atoms with Gasteiger partial charge in [-0.1, -0.05) is 47.4 Å². The fourth-order valence-corrected chi connectivity index (χ4v) is 2.59. The molecule has 1 aromatic carbocycles. The van der Waals surface area contributed by atoms with Gasteiger partial charge in [-0.3, -0.25) is 0 Å². The van der Waals surface area contributed by atoms with E-state index in [1.807, 2.05) is 0 Å². The zero-order chi connectivity index (χ0) is 10.5. The maximum Gasteiger partial charge on any atom is 0.174 e. The number of rotatable bonds is 4. The van der Waals surface area contributed by atoms with Crippen LogP contribution in [0.15, 0.2) is 34.1 Å². The number of nitrogens with zero attached hydrogens (tertiary/aromatic N) is 2. The first-order chi connectivity index (χ1) is 7.38. The van der Waals surface area contributed by atoms with Gasteiger partial charge in [0, 0.05) is 12.3 Å². The van der Waals surface area contributed by atoms with Gasteiger partial charge in [-0.05, 0) is 11.1 Å². The van der Waals surface area contributed by atoms with E-state index in [4.69, 9.17) is 5.73 Å². The first kappa shape index (κ1) is 10.6. The SMILES string of the molecule is NCc1ccc(CSc2nncs2)cc1. The van der Waals surface area contributed by atoms with E-state index in [0.29, 0.717) is 6.54 Å². The van der Waals surface area contributed by atoms with Gasteiger partial charge in [-0.15, -0.1) is 10.2 Å². The van der Waals surface area contributed by atoms with Crippen molar-refractivity contribution in [2.75, 3.05) is 0 Å². The van der Waals surface area contributed by atoms with E-state index in [-0.39, 0.29) is 0 Å². The Balaban J connectivity index is 1.93. The van der Waals surface area contributed by atoms with Crippen molar-refractivity contribution in [3.05, 3.63) is 40.9 Å². The van der Waals surface area contributed by atoms with E-state index in [0.717, 1.165) is 10.1 Å². The molecular formula is C10H11N3S2. The number of nitrogens with two attached hydrogens (primary N) is 1. The Morgan fingerprint density at radius 2 is 1.93 bits per heavy atom. The third-order valence-corrected chi connectivity index (χ3v) is 3.89. The molecule has 2 N–H and O–H groups in total. The molecule has 78 valence electrons. The highest BCUT2D eigenvalue weighted by atomic mass is 32.2. The normalized spacial score (nSPS) is 10.5. The largest absolute Gasteiger partial charge is 0.326 e. The van der Waals surface area contributed by atoms with Crippen LogP contribution < -0.4 is 5.73 Å². The fourth-order valence-electron chi connectivity index (χ4n) is 1.14. The Bertz CT molecular complexity index is 397. The smallest absolute Gasteiger partial charge is 0.174 e. The lowest BCUT2D eigenvalue weighted by Crippen LogP contribution is -1.95. The molecule has 0 fully saturated rings. The van der Waals surface area contributed by atoms with E-state index >= 15 is 0 Å². The predicted octanol–water partition coefficient (Wildman–Crippen LogP) is 2.29. The van der Waals surface area contributed by atoms with Gasteiger partial charge in [0.05, 0.1) is 0 Å². The average Bonchev–Trinajstić information content (AvgIpc) is 2.80. The molecular weight excluding hydrogens is 226 g/mol. The summed E-state index contributed by atoms with van der Waals surface area (Å²) >= 11 is 3.28. The monoisotopic (exact) mass is 237 g/mol. The summed E-state index contributed by atoms with van der Waals surface area (Å²) in [5.74, 6) is 0.931. The molecule has 1 aromatic heterocycles. The van der Waals surface area contributed by atoms with E-state index in [9.17, 15) is 0 Å². The fraction of sp³-hybridized carbons (Fsp3) is 0.200. The Morgan fingerprint density at radius 3 is 2.53 bits per heavy atom. The Labute approximate surface area is 96.7 Å². The molecule has 0 saturated heterocycles. The summed E-state index contributed by atoms with van der Waals surface area (Å²) in [4.78, 5) is 0. The summed E-state index contributed by atoms with van der Waals surface area (Å²) in [6.07, 6.45) is 0. The van der Waals surface area contributed by atoms with Crippen molar-refractivity contribution >= 4 is 23.1 Å². The summed E-state index contributed by atoms with van der Waals surface area (Å²) in [7, 11) is 0. The van der Waals surface area contributed by atoms with Gasteiger partial charge < -0.3 is 5.73 Å². The molecule has 0 spiro atoms. The maximum absolute atomic E-state index is 5.53. The van der Waals surface area contributed by atoms with Crippen LogP contribution in [0, 0.1) is 0 Å². The minimum atomic E-state index is 0.601. The molecule has 0 aliphatic rings. The quantitative estimate of drug-likeness (QED) is 0.829. The van der Waals surface area contributed by atoms with Crippen LogP contribution in [0.25, 0.3) is 0 Å². The molecule has 2 rings (SSSR count). The van der Waals surface area contributed by atoms with Gasteiger partial charge in [0.15, 0.2) is 4.34 Å². The van der Waals surface area contributed by atoms with Gasteiger partial charge in [0.25, 0.3) is 0 Å². The number of hydrogen-bond donors (Lipinski definition) is 1. The predicted molar refractivity (Wildman–Crippen MR) is 63.8 cm³/mol. The second-order valence-electron chi connectivity index (χ2n) is 3.01. The van der Waals surface area contributed by atoms with Gasteiger partial charge in [-0.2, -0.15) is 0 Å². The highest BCUT2D eigenvalue weighted by molar-refractivity contribution is 8.00. The van der Waals surface area contributed by atoms with Gasteiger partial charge in [-0.25, -0.2) is 0 Å². The maximum atomic E-state index is 5.53. The number of aromatic nitrogens is 2. The molecule has 0 amide bonds. The Morgan fingerprint density at radius 1 is 1.20 bits per heavy atom. The zero-order valence-electron chi connectivity index (χ0n) is 8.09. The zero-order valence-corrected chi connectivity index (χ0v) is 9.72. The summed E-state index contributed by atoms with van der Waals surface area (Å²) < 4.78 is 1.01. The summed E-state index contributed by atoms with van der Waals surface area (Å²) in [5, 5.41) is 7.77. The molecule has 0 aliphatic heterocycles. The van der Waals surface area contributed by atoms with Gasteiger partial charge >= 0.3 is 0 Å². The number of benzene rings is 1. The van der Waals surface area contributed by atoms with Crippen molar-refractivity contribution in [1.82, 2.24) is 10.2 Å². The van der Waals surface area contributed by atoms with Crippen molar-refractivity contribution in [3.63, 3.8) is 0 Å². The molecule has 0 bridgehead atoms. The molecule has 0 saturated carbocycles. The molecule has 1 heterocycles. The molecule has 0 radical (unpaired) electrons. The summed E-state index contributed by atoms with van der Waals surface area (Å²) in [5.41, 5.74) is 9.73. The van der Waals surface area contributed by atoms with E-state index in [1.54, 1.807) is 28.6 Å². The first-order valence-electron chi connectivity index (χ1n) is 4.55. The Kier molecular flexibility index (Phi) is 3.71. The van der Waals surface area contributed by atoms with Crippen LogP contribution >= 0.6 is 23.1 Å². The lowest BCUT2D eigenvalue weighted by atomic mass is 10.1. The van der Waals surface area contributed by atoms with Crippen LogP contribution in [-0.2, 0) is 12.3 Å². The summed E-state index contributed by atoms with van der Waals surface area (Å²) in [6.45, 7) is 0.601. The van der Waals surface area contributed by atoms with Crippen LogP contribution in [0.5, 0.6) is 0 Å². The van der Waals surface area contributed by atoms with Crippen LogP contribution in [-0.4, -0.2) is 10.2 Å². The van der Waals surface area contributed by atoms with Gasteiger partial charge in [0.1, 0.15) is 5.51 Å². The second kappa shape index (κ2) is 5.25. The van der Waals surface area contributed by atoms with Gasteiger partial charge in [0.2, 0.25) is 0 Å². The van der Waals surface area contributed by atoms with Crippen LogP contribution in [0.3, 0.4) is 0 Å². The van der Waals surface area contributed by atoms with Crippen LogP contribution in [0.4, 0.5) is 0 Å². The van der Waals surface area contributed by atoms with E-state index in [1.165, 1.54) is 11.1 Å². The number of thioether (sulfide) groups is 1. The minimum Gasteiger partial charge on any atom is -0.326 e. The highest BCUT2D eigenvalue weighted by Crippen LogP contribution is 2.23. The molecule has 0 unspecified atom stereocenters. The Hall–Kier alpha value is -0.910. The average molecular weight is 237 g/mol. The third kappa shape index (κ3) is 3.02. The molecule has 0 atom stereocenters. The number of hydrogen-bond acceptors (Lipinski definition) is 5. The van der Waals surface area contributed by atoms with Crippen molar-refractivity contribution in [1.29, 1.82) is 0 Å². The van der Waals surface area contributed by atoms with Crippen LogP contribution in [0.2, 0.25) is 0 Å². The molecule has 0 aliphatic carbocycles. The highest BCUT2D eigenvalue weighted by Gasteiger charge is 1.99. The lowest BCUT2D eigenvalue weighted by Gasteiger charge is -2.00. The van der Waals surface area contributed by atoms with Crippen molar-refractivity contribution in [2.24, 2.45) is 5.73 Å². The second-order valence-corrected chi connectivity index (χ2v) is 5.07. The van der Waals surface area contributed by atoms with E-state index < -0.39 is 0 Å². The minimum absolute atomic E-state index is 0.601. The first-order valence-corrected chi connectivity index (χ1v) is 6.42. The van der Waals surface area contributed by atoms with E-state index in [2.05, 4.69) is 34.5 Å². The summed E-state index contributed by atoms with van der Waals surface area (Å²) in [6, 6.07) is 8.35. The molecule has 3 nitrogen and oxygen atoms in total. The standard InChI is InChI=1S/C10H11N3S2/c11-5-8-1-3-9(4-2-8)6-14-10-13-12-7-15-10/h1-4,7H,5-6,11H2. The molecule has 15 heavy (non-hydrogen) atoms.